The van der Waals surface area contributed by atoms with Crippen LogP contribution in [0.4, 0.5) is 0 Å². The van der Waals surface area contributed by atoms with E-state index in [-0.39, 0.29) is 11.6 Å². The Morgan fingerprint density at radius 2 is 2.08 bits per heavy atom. The Morgan fingerprint density at radius 3 is 2.79 bits per heavy atom. The van der Waals surface area contributed by atoms with Crippen LogP contribution in [-0.2, 0) is 16.7 Å². The van der Waals surface area contributed by atoms with Gasteiger partial charge in [-0.25, -0.2) is 0 Å². The van der Waals surface area contributed by atoms with Crippen molar-refractivity contribution in [3.63, 3.8) is 0 Å². The molecule has 2 atom stereocenters. The fourth-order valence-electron chi connectivity index (χ4n) is 4.84. The predicted molar refractivity (Wildman–Crippen MR) is 91.2 cm³/mol. The molecular weight excluding hydrogens is 304 g/mol. The van der Waals surface area contributed by atoms with Crippen molar-refractivity contribution in [2.75, 3.05) is 27.3 Å². The Bertz CT molecular complexity index is 728. The molecule has 0 radical (unpaired) electrons. The van der Waals surface area contributed by atoms with E-state index in [2.05, 4.69) is 11.0 Å². The molecule has 128 valence electrons. The zero-order valence-electron chi connectivity index (χ0n) is 14.3. The molecule has 0 bridgehead atoms. The van der Waals surface area contributed by atoms with Crippen LogP contribution in [-0.4, -0.2) is 44.2 Å². The molecule has 5 nitrogen and oxygen atoms in total. The van der Waals surface area contributed by atoms with Gasteiger partial charge >= 0.3 is 0 Å². The summed E-state index contributed by atoms with van der Waals surface area (Å²) >= 11 is 0. The number of rotatable bonds is 3. The number of amides is 1. The summed E-state index contributed by atoms with van der Waals surface area (Å²) < 4.78 is 11.1. The average Bonchev–Trinajstić information content (AvgIpc) is 2.99. The highest BCUT2D eigenvalue weighted by Gasteiger charge is 2.51. The van der Waals surface area contributed by atoms with E-state index in [1.54, 1.807) is 14.2 Å². The molecule has 5 heteroatoms. The first kappa shape index (κ1) is 15.7. The number of carbonyl (C=O) groups is 1. The van der Waals surface area contributed by atoms with Crippen molar-refractivity contribution in [3.8, 4) is 5.75 Å². The summed E-state index contributed by atoms with van der Waals surface area (Å²) in [6.07, 6.45) is 6.52. The van der Waals surface area contributed by atoms with Crippen LogP contribution in [0.1, 0.15) is 40.7 Å². The molecule has 1 saturated heterocycles. The fraction of sp³-hybridized carbons (Fsp3) is 0.526. The summed E-state index contributed by atoms with van der Waals surface area (Å²) in [6.45, 7) is 2.10. The van der Waals surface area contributed by atoms with Crippen LogP contribution in [0.15, 0.2) is 23.8 Å². The van der Waals surface area contributed by atoms with Gasteiger partial charge < -0.3 is 15.2 Å². The lowest BCUT2D eigenvalue weighted by molar-refractivity contribution is 0.0291. The van der Waals surface area contributed by atoms with E-state index in [0.29, 0.717) is 11.3 Å². The van der Waals surface area contributed by atoms with E-state index < -0.39 is 5.91 Å². The molecule has 0 saturated carbocycles. The SMILES string of the molecule is COc1cc2c(cc1C(N)=O)[C@]13C[C@@H](OC)CC=C1CCN3CC2. The van der Waals surface area contributed by atoms with Crippen LogP contribution >= 0.6 is 0 Å². The third kappa shape index (κ3) is 2.04. The summed E-state index contributed by atoms with van der Waals surface area (Å²) in [5, 5.41) is 0. The number of nitrogens with zero attached hydrogens (tertiary/aromatic N) is 1. The van der Waals surface area contributed by atoms with Crippen LogP contribution in [0, 0.1) is 0 Å². The van der Waals surface area contributed by atoms with Gasteiger partial charge in [0.15, 0.2) is 0 Å². The summed E-state index contributed by atoms with van der Waals surface area (Å²) in [4.78, 5) is 14.5. The Balaban J connectivity index is 1.93. The second kappa shape index (κ2) is 5.60. The van der Waals surface area contributed by atoms with Crippen molar-refractivity contribution in [1.29, 1.82) is 0 Å². The summed E-state index contributed by atoms with van der Waals surface area (Å²) in [5.41, 5.74) is 9.89. The zero-order valence-corrected chi connectivity index (χ0v) is 14.3. The monoisotopic (exact) mass is 328 g/mol. The number of fused-ring (bicyclic) bond motifs is 1. The Morgan fingerprint density at radius 1 is 1.29 bits per heavy atom. The normalized spacial score (nSPS) is 28.6. The van der Waals surface area contributed by atoms with Gasteiger partial charge in [0.1, 0.15) is 5.75 Å². The summed E-state index contributed by atoms with van der Waals surface area (Å²) in [5.74, 6) is 0.138. The minimum atomic E-state index is -0.439. The molecule has 1 amide bonds. The molecule has 1 spiro atoms. The fourth-order valence-corrected chi connectivity index (χ4v) is 4.84. The number of methoxy groups -OCH3 is 2. The van der Waals surface area contributed by atoms with E-state index >= 15 is 0 Å². The van der Waals surface area contributed by atoms with Gasteiger partial charge in [-0.05, 0) is 48.1 Å². The number of benzene rings is 1. The largest absolute Gasteiger partial charge is 0.496 e. The maximum absolute atomic E-state index is 11.9. The van der Waals surface area contributed by atoms with E-state index in [1.807, 2.05) is 12.1 Å². The highest BCUT2D eigenvalue weighted by atomic mass is 16.5. The number of carbonyl (C=O) groups excluding carboxylic acids is 1. The molecule has 1 aromatic rings. The van der Waals surface area contributed by atoms with Gasteiger partial charge in [0.2, 0.25) is 0 Å². The zero-order chi connectivity index (χ0) is 16.9. The standard InChI is InChI=1S/C19H24N2O3/c1-23-14-4-3-13-6-8-21-7-5-12-9-17(24-2)15(18(20)22)10-16(12)19(13,21)11-14/h3,9-10,14H,4-8,11H2,1-2H3,(H2,20,22)/t14-,19-/m0/s1. The van der Waals surface area contributed by atoms with E-state index in [1.165, 1.54) is 16.7 Å². The first-order valence-corrected chi connectivity index (χ1v) is 8.58. The lowest BCUT2D eigenvalue weighted by atomic mass is 9.70. The second-order valence-corrected chi connectivity index (χ2v) is 6.95. The lowest BCUT2D eigenvalue weighted by Gasteiger charge is -2.48. The van der Waals surface area contributed by atoms with Crippen molar-refractivity contribution >= 4 is 5.91 Å². The van der Waals surface area contributed by atoms with Crippen molar-refractivity contribution in [2.24, 2.45) is 5.73 Å². The Kier molecular flexibility index (Phi) is 3.66. The summed E-state index contributed by atoms with van der Waals surface area (Å²) in [6, 6.07) is 3.98. The highest BCUT2D eigenvalue weighted by Crippen LogP contribution is 2.53. The first-order chi connectivity index (χ1) is 11.6. The molecule has 1 aliphatic carbocycles. The third-order valence-electron chi connectivity index (χ3n) is 5.99. The predicted octanol–water partition coefficient (Wildman–Crippen LogP) is 1.99. The van der Waals surface area contributed by atoms with Crippen LogP contribution in [0.5, 0.6) is 5.75 Å². The van der Waals surface area contributed by atoms with Crippen LogP contribution in [0.2, 0.25) is 0 Å². The molecular formula is C19H24N2O3. The van der Waals surface area contributed by atoms with E-state index in [9.17, 15) is 4.79 Å². The number of nitrogens with two attached hydrogens (primary N) is 1. The number of primary amides is 1. The van der Waals surface area contributed by atoms with Crippen molar-refractivity contribution in [3.05, 3.63) is 40.5 Å². The number of ether oxygens (including phenoxy) is 2. The van der Waals surface area contributed by atoms with Gasteiger partial charge in [-0.15, -0.1) is 0 Å². The molecule has 0 unspecified atom stereocenters. The van der Waals surface area contributed by atoms with Gasteiger partial charge in [0.25, 0.3) is 5.91 Å². The topological polar surface area (TPSA) is 64.8 Å². The highest BCUT2D eigenvalue weighted by molar-refractivity contribution is 5.96. The molecule has 1 aromatic carbocycles. The third-order valence-corrected chi connectivity index (χ3v) is 5.99. The summed E-state index contributed by atoms with van der Waals surface area (Å²) in [7, 11) is 3.37. The maximum Gasteiger partial charge on any atom is 0.252 e. The number of hydrogen-bond donors (Lipinski definition) is 1. The minimum Gasteiger partial charge on any atom is -0.496 e. The molecule has 4 rings (SSSR count). The van der Waals surface area contributed by atoms with Crippen LogP contribution in [0.3, 0.4) is 0 Å². The quantitative estimate of drug-likeness (QED) is 0.862. The molecule has 0 aromatic heterocycles. The van der Waals surface area contributed by atoms with Crippen LogP contribution < -0.4 is 10.5 Å². The van der Waals surface area contributed by atoms with Crippen molar-refractivity contribution in [2.45, 2.75) is 37.3 Å². The molecule has 3 aliphatic rings. The molecule has 2 N–H and O–H groups in total. The lowest BCUT2D eigenvalue weighted by Crippen LogP contribution is -2.50. The van der Waals surface area contributed by atoms with Crippen molar-refractivity contribution in [1.82, 2.24) is 4.90 Å². The maximum atomic E-state index is 11.9. The Labute approximate surface area is 142 Å². The van der Waals surface area contributed by atoms with Crippen molar-refractivity contribution < 1.29 is 14.3 Å². The average molecular weight is 328 g/mol. The minimum absolute atomic E-state index is 0.136. The number of hydrogen-bond acceptors (Lipinski definition) is 4. The van der Waals surface area contributed by atoms with E-state index in [0.717, 1.165) is 38.8 Å². The van der Waals surface area contributed by atoms with Gasteiger partial charge in [-0.3, -0.25) is 9.69 Å². The van der Waals surface area contributed by atoms with Gasteiger partial charge in [-0.1, -0.05) is 6.08 Å². The van der Waals surface area contributed by atoms with Crippen LogP contribution in [0.25, 0.3) is 0 Å². The molecule has 2 heterocycles. The molecule has 2 aliphatic heterocycles. The second-order valence-electron chi connectivity index (χ2n) is 6.95. The van der Waals surface area contributed by atoms with Gasteiger partial charge in [0, 0.05) is 26.6 Å². The molecule has 1 fully saturated rings. The first-order valence-electron chi connectivity index (χ1n) is 8.58. The van der Waals surface area contributed by atoms with E-state index in [4.69, 9.17) is 15.2 Å². The Hall–Kier alpha value is -1.85. The molecule has 24 heavy (non-hydrogen) atoms. The van der Waals surface area contributed by atoms with Gasteiger partial charge in [-0.2, -0.15) is 0 Å². The van der Waals surface area contributed by atoms with Gasteiger partial charge in [0.05, 0.1) is 24.3 Å². The smallest absolute Gasteiger partial charge is 0.252 e.